The molecule has 2 heteroatoms. The maximum Gasteiger partial charge on any atom is 0.0499 e. The number of benzene rings is 1. The molecular formula is C17H27NO. The molecule has 0 aliphatic carbocycles. The van der Waals surface area contributed by atoms with Gasteiger partial charge in [0, 0.05) is 31.7 Å². The van der Waals surface area contributed by atoms with Crippen molar-refractivity contribution in [2.45, 2.75) is 39.5 Å². The summed E-state index contributed by atoms with van der Waals surface area (Å²) in [5.74, 6) is 0. The highest BCUT2D eigenvalue weighted by atomic mass is 16.3. The topological polar surface area (TPSA) is 23.5 Å². The second kappa shape index (κ2) is 6.53. The number of nitrogens with zero attached hydrogens (tertiary/aromatic N) is 1. The van der Waals surface area contributed by atoms with Crippen molar-refractivity contribution in [3.8, 4) is 0 Å². The first-order valence-electron chi connectivity index (χ1n) is 7.63. The predicted molar refractivity (Wildman–Crippen MR) is 80.4 cm³/mol. The van der Waals surface area contributed by atoms with E-state index in [1.54, 1.807) is 0 Å². The highest BCUT2D eigenvalue weighted by molar-refractivity contribution is 5.28. The molecule has 0 radical (unpaired) electrons. The molecule has 1 N–H and O–H groups in total. The molecule has 1 aromatic rings. The van der Waals surface area contributed by atoms with Gasteiger partial charge in [-0.05, 0) is 36.8 Å². The fourth-order valence-corrected chi connectivity index (χ4v) is 3.09. The Hall–Kier alpha value is -0.860. The van der Waals surface area contributed by atoms with E-state index in [0.29, 0.717) is 6.61 Å². The van der Waals surface area contributed by atoms with Gasteiger partial charge in [0.1, 0.15) is 0 Å². The second-order valence-corrected chi connectivity index (χ2v) is 5.91. The van der Waals surface area contributed by atoms with Crippen LogP contribution < -0.4 is 0 Å². The molecule has 19 heavy (non-hydrogen) atoms. The lowest BCUT2D eigenvalue weighted by Crippen LogP contribution is -2.40. The maximum atomic E-state index is 9.72. The lowest BCUT2D eigenvalue weighted by atomic mass is 9.82. The van der Waals surface area contributed by atoms with Crippen molar-refractivity contribution in [3.05, 3.63) is 35.4 Å². The minimum absolute atomic E-state index is 0.0938. The molecule has 0 saturated carbocycles. The molecule has 1 aromatic carbocycles. The third-order valence-corrected chi connectivity index (χ3v) is 4.91. The van der Waals surface area contributed by atoms with Gasteiger partial charge in [-0.25, -0.2) is 0 Å². The molecule has 0 fully saturated rings. The zero-order chi connectivity index (χ0) is 13.7. The van der Waals surface area contributed by atoms with Crippen LogP contribution >= 0.6 is 0 Å². The van der Waals surface area contributed by atoms with Crippen molar-refractivity contribution >= 4 is 0 Å². The lowest BCUT2D eigenvalue weighted by molar-refractivity contribution is 0.0674. The summed E-state index contributed by atoms with van der Waals surface area (Å²) < 4.78 is 0. The molecule has 106 valence electrons. The second-order valence-electron chi connectivity index (χ2n) is 5.91. The van der Waals surface area contributed by atoms with Gasteiger partial charge in [0.2, 0.25) is 0 Å². The zero-order valence-electron chi connectivity index (χ0n) is 12.4. The van der Waals surface area contributed by atoms with Crippen LogP contribution in [0.4, 0.5) is 0 Å². The molecule has 0 bridgehead atoms. The molecule has 0 atom stereocenters. The molecular weight excluding hydrogens is 234 g/mol. The van der Waals surface area contributed by atoms with Gasteiger partial charge in [-0.3, -0.25) is 0 Å². The molecule has 0 amide bonds. The smallest absolute Gasteiger partial charge is 0.0499 e. The summed E-state index contributed by atoms with van der Waals surface area (Å²) in [5.41, 5.74) is 3.11. The Bertz CT molecular complexity index is 363. The fraction of sp³-hybridized carbons (Fsp3) is 0.647. The first-order valence-corrected chi connectivity index (χ1v) is 7.63. The van der Waals surface area contributed by atoms with E-state index in [9.17, 15) is 5.11 Å². The van der Waals surface area contributed by atoms with Crippen LogP contribution in [-0.2, 0) is 12.8 Å². The van der Waals surface area contributed by atoms with Gasteiger partial charge in [-0.2, -0.15) is 0 Å². The van der Waals surface area contributed by atoms with Gasteiger partial charge in [-0.15, -0.1) is 0 Å². The van der Waals surface area contributed by atoms with Gasteiger partial charge in [0.05, 0.1) is 0 Å². The van der Waals surface area contributed by atoms with Gasteiger partial charge in [0.15, 0.2) is 0 Å². The third kappa shape index (κ3) is 3.37. The third-order valence-electron chi connectivity index (χ3n) is 4.91. The molecule has 0 spiro atoms. The van der Waals surface area contributed by atoms with Gasteiger partial charge in [-0.1, -0.05) is 38.1 Å². The molecule has 1 aliphatic heterocycles. The number of aliphatic hydroxyl groups excluding tert-OH is 1. The van der Waals surface area contributed by atoms with Crippen molar-refractivity contribution in [2.75, 3.05) is 26.2 Å². The Morgan fingerprint density at radius 2 is 1.58 bits per heavy atom. The number of rotatable bonds is 5. The number of aliphatic hydroxyl groups is 1. The quantitative estimate of drug-likeness (QED) is 0.881. The van der Waals surface area contributed by atoms with Crippen LogP contribution in [0.3, 0.4) is 0 Å². The van der Waals surface area contributed by atoms with E-state index in [2.05, 4.69) is 43.0 Å². The van der Waals surface area contributed by atoms with Gasteiger partial charge in [0.25, 0.3) is 0 Å². The summed E-state index contributed by atoms with van der Waals surface area (Å²) >= 11 is 0. The van der Waals surface area contributed by atoms with Crippen LogP contribution in [0.2, 0.25) is 0 Å². The Labute approximate surface area is 117 Å². The molecule has 2 rings (SSSR count). The van der Waals surface area contributed by atoms with Crippen LogP contribution in [-0.4, -0.2) is 36.2 Å². The highest BCUT2D eigenvalue weighted by Crippen LogP contribution is 2.28. The SMILES string of the molecule is CCC(CC)(CO)CN1CCc2ccccc2CC1. The van der Waals surface area contributed by atoms with Gasteiger partial charge < -0.3 is 10.0 Å². The van der Waals surface area contributed by atoms with E-state index in [4.69, 9.17) is 0 Å². The van der Waals surface area contributed by atoms with Crippen molar-refractivity contribution in [1.29, 1.82) is 0 Å². The maximum absolute atomic E-state index is 9.72. The largest absolute Gasteiger partial charge is 0.396 e. The van der Waals surface area contributed by atoms with Crippen molar-refractivity contribution in [3.63, 3.8) is 0 Å². The van der Waals surface area contributed by atoms with E-state index < -0.39 is 0 Å². The molecule has 0 unspecified atom stereocenters. The van der Waals surface area contributed by atoms with E-state index in [1.807, 2.05) is 0 Å². The van der Waals surface area contributed by atoms with Crippen molar-refractivity contribution < 1.29 is 5.11 Å². The Balaban J connectivity index is 2.02. The van der Waals surface area contributed by atoms with E-state index in [1.165, 1.54) is 11.1 Å². The summed E-state index contributed by atoms with van der Waals surface area (Å²) in [4.78, 5) is 2.54. The standard InChI is InChI=1S/C17H27NO/c1-3-17(4-2,14-19)13-18-11-9-15-7-5-6-8-16(15)10-12-18/h5-8,19H,3-4,9-14H2,1-2H3. The van der Waals surface area contributed by atoms with Crippen LogP contribution in [0, 0.1) is 5.41 Å². The van der Waals surface area contributed by atoms with Crippen molar-refractivity contribution in [1.82, 2.24) is 4.90 Å². The summed E-state index contributed by atoms with van der Waals surface area (Å²) in [6.45, 7) is 7.99. The van der Waals surface area contributed by atoms with Crippen molar-refractivity contribution in [2.24, 2.45) is 5.41 Å². The van der Waals surface area contributed by atoms with Crippen LogP contribution in [0.25, 0.3) is 0 Å². The monoisotopic (exact) mass is 261 g/mol. The lowest BCUT2D eigenvalue weighted by Gasteiger charge is -2.35. The number of hydrogen-bond donors (Lipinski definition) is 1. The minimum atomic E-state index is 0.0938. The predicted octanol–water partition coefficient (Wildman–Crippen LogP) is 2.89. The first kappa shape index (κ1) is 14.5. The molecule has 1 heterocycles. The summed E-state index contributed by atoms with van der Waals surface area (Å²) in [5, 5.41) is 9.72. The number of fused-ring (bicyclic) bond motifs is 1. The Morgan fingerprint density at radius 3 is 2.00 bits per heavy atom. The Morgan fingerprint density at radius 1 is 1.05 bits per heavy atom. The molecule has 2 nitrogen and oxygen atoms in total. The average Bonchev–Trinajstić information content (AvgIpc) is 2.68. The van der Waals surface area contributed by atoms with E-state index in [0.717, 1.165) is 45.3 Å². The van der Waals surface area contributed by atoms with Crippen LogP contribution in [0.15, 0.2) is 24.3 Å². The van der Waals surface area contributed by atoms with E-state index >= 15 is 0 Å². The summed E-state index contributed by atoms with van der Waals surface area (Å²) in [6.07, 6.45) is 4.41. The zero-order valence-corrected chi connectivity index (χ0v) is 12.4. The van der Waals surface area contributed by atoms with E-state index in [-0.39, 0.29) is 5.41 Å². The molecule has 0 aromatic heterocycles. The normalized spacial score (nSPS) is 17.0. The average molecular weight is 261 g/mol. The fourth-order valence-electron chi connectivity index (χ4n) is 3.09. The molecule has 1 aliphatic rings. The number of hydrogen-bond acceptors (Lipinski definition) is 2. The Kier molecular flexibility index (Phi) is 5.00. The first-order chi connectivity index (χ1) is 9.23. The minimum Gasteiger partial charge on any atom is -0.396 e. The van der Waals surface area contributed by atoms with Crippen LogP contribution in [0.5, 0.6) is 0 Å². The van der Waals surface area contributed by atoms with Crippen LogP contribution in [0.1, 0.15) is 37.8 Å². The molecule has 0 saturated heterocycles. The highest BCUT2D eigenvalue weighted by Gasteiger charge is 2.28. The summed E-state index contributed by atoms with van der Waals surface area (Å²) in [7, 11) is 0. The van der Waals surface area contributed by atoms with Gasteiger partial charge >= 0.3 is 0 Å². The summed E-state index contributed by atoms with van der Waals surface area (Å²) in [6, 6.07) is 8.81.